The van der Waals surface area contributed by atoms with Gasteiger partial charge in [0, 0.05) is 0 Å². The fraction of sp³-hybridized carbons (Fsp3) is 0.333. The Morgan fingerprint density at radius 3 is 2.00 bits per heavy atom. The molecule has 76 valence electrons. The molecule has 0 aromatic carbocycles. The van der Waals surface area contributed by atoms with Gasteiger partial charge >= 0.3 is 0 Å². The molecule has 0 N–H and O–H groups in total. The molecule has 0 fully saturated rings. The molecule has 0 saturated carbocycles. The standard InChI is InChI=1S/C12H16O2/c1-4-7-12-13-8-10(5-2)11(6-3)9-14-12/h4-7,12H,2-3,8-9H2,1H3/b7-4+. The molecule has 0 saturated heterocycles. The van der Waals surface area contributed by atoms with E-state index in [1.54, 1.807) is 12.2 Å². The van der Waals surface area contributed by atoms with Gasteiger partial charge in [-0.05, 0) is 24.1 Å². The van der Waals surface area contributed by atoms with Gasteiger partial charge in [0.1, 0.15) is 0 Å². The van der Waals surface area contributed by atoms with Gasteiger partial charge in [0.25, 0.3) is 0 Å². The Labute approximate surface area is 85.2 Å². The Balaban J connectivity index is 2.72. The normalized spacial score (nSPS) is 19.8. The summed E-state index contributed by atoms with van der Waals surface area (Å²) in [4.78, 5) is 0. The van der Waals surface area contributed by atoms with Crippen molar-refractivity contribution in [3.05, 3.63) is 48.6 Å². The molecule has 0 bridgehead atoms. The highest BCUT2D eigenvalue weighted by Crippen LogP contribution is 2.15. The van der Waals surface area contributed by atoms with Crippen LogP contribution in [0.5, 0.6) is 0 Å². The van der Waals surface area contributed by atoms with Crippen LogP contribution >= 0.6 is 0 Å². The van der Waals surface area contributed by atoms with Crippen molar-refractivity contribution in [2.45, 2.75) is 13.2 Å². The lowest BCUT2D eigenvalue weighted by Gasteiger charge is -2.10. The molecule has 0 spiro atoms. The largest absolute Gasteiger partial charge is 0.344 e. The molecule has 0 atom stereocenters. The lowest BCUT2D eigenvalue weighted by Crippen LogP contribution is -2.13. The summed E-state index contributed by atoms with van der Waals surface area (Å²) in [6, 6.07) is 0. The van der Waals surface area contributed by atoms with Crippen molar-refractivity contribution < 1.29 is 9.47 Å². The van der Waals surface area contributed by atoms with E-state index in [2.05, 4.69) is 13.2 Å². The maximum absolute atomic E-state index is 5.49. The van der Waals surface area contributed by atoms with E-state index in [0.717, 1.165) is 11.1 Å². The monoisotopic (exact) mass is 192 g/mol. The third-order valence-corrected chi connectivity index (χ3v) is 2.06. The van der Waals surface area contributed by atoms with Crippen molar-refractivity contribution >= 4 is 0 Å². The summed E-state index contributed by atoms with van der Waals surface area (Å²) in [5, 5.41) is 0. The summed E-state index contributed by atoms with van der Waals surface area (Å²) in [6.07, 6.45) is 7.12. The van der Waals surface area contributed by atoms with Gasteiger partial charge in [0.15, 0.2) is 6.29 Å². The van der Waals surface area contributed by atoms with Crippen LogP contribution in [0.2, 0.25) is 0 Å². The zero-order valence-corrected chi connectivity index (χ0v) is 8.53. The van der Waals surface area contributed by atoms with Crippen LogP contribution in [0, 0.1) is 0 Å². The van der Waals surface area contributed by atoms with Crippen molar-refractivity contribution in [2.75, 3.05) is 13.2 Å². The van der Waals surface area contributed by atoms with E-state index in [1.807, 2.05) is 19.1 Å². The Morgan fingerprint density at radius 1 is 1.14 bits per heavy atom. The lowest BCUT2D eigenvalue weighted by atomic mass is 10.1. The highest BCUT2D eigenvalue weighted by atomic mass is 16.7. The Hall–Kier alpha value is -1.12. The van der Waals surface area contributed by atoms with Crippen LogP contribution in [0.4, 0.5) is 0 Å². The fourth-order valence-electron chi connectivity index (χ4n) is 1.23. The summed E-state index contributed by atoms with van der Waals surface area (Å²) in [5.74, 6) is 0. The maximum atomic E-state index is 5.49. The maximum Gasteiger partial charge on any atom is 0.177 e. The number of hydrogen-bond donors (Lipinski definition) is 0. The van der Waals surface area contributed by atoms with Crippen molar-refractivity contribution in [1.82, 2.24) is 0 Å². The smallest absolute Gasteiger partial charge is 0.177 e. The summed E-state index contributed by atoms with van der Waals surface area (Å²) in [7, 11) is 0. The molecule has 0 aromatic rings. The van der Waals surface area contributed by atoms with Crippen molar-refractivity contribution in [3.8, 4) is 0 Å². The first kappa shape index (κ1) is 11.0. The minimum absolute atomic E-state index is 0.257. The molecule has 2 heteroatoms. The van der Waals surface area contributed by atoms with Crippen molar-refractivity contribution in [1.29, 1.82) is 0 Å². The summed E-state index contributed by atoms with van der Waals surface area (Å²) in [5.41, 5.74) is 2.10. The third-order valence-electron chi connectivity index (χ3n) is 2.06. The van der Waals surface area contributed by atoms with E-state index < -0.39 is 0 Å². The molecule has 0 amide bonds. The molecular formula is C12H16O2. The number of allylic oxidation sites excluding steroid dienone is 1. The van der Waals surface area contributed by atoms with Crippen LogP contribution < -0.4 is 0 Å². The first-order chi connectivity index (χ1) is 6.81. The zero-order chi connectivity index (χ0) is 10.4. The molecular weight excluding hydrogens is 176 g/mol. The molecule has 1 rings (SSSR count). The predicted octanol–water partition coefficient (Wildman–Crippen LogP) is 2.60. The summed E-state index contributed by atoms with van der Waals surface area (Å²) in [6.45, 7) is 10.5. The van der Waals surface area contributed by atoms with E-state index in [9.17, 15) is 0 Å². The molecule has 0 radical (unpaired) electrons. The molecule has 0 unspecified atom stereocenters. The highest BCUT2D eigenvalue weighted by Gasteiger charge is 2.13. The minimum atomic E-state index is -0.257. The average molecular weight is 192 g/mol. The Kier molecular flexibility index (Phi) is 4.36. The van der Waals surface area contributed by atoms with Crippen LogP contribution in [0.3, 0.4) is 0 Å². The molecule has 1 heterocycles. The van der Waals surface area contributed by atoms with Gasteiger partial charge < -0.3 is 9.47 Å². The number of hydrogen-bond acceptors (Lipinski definition) is 2. The summed E-state index contributed by atoms with van der Waals surface area (Å²) >= 11 is 0. The van der Waals surface area contributed by atoms with Crippen LogP contribution in [-0.2, 0) is 9.47 Å². The first-order valence-corrected chi connectivity index (χ1v) is 4.64. The van der Waals surface area contributed by atoms with Crippen LogP contribution in [0.25, 0.3) is 0 Å². The predicted molar refractivity (Wildman–Crippen MR) is 57.9 cm³/mol. The second kappa shape index (κ2) is 5.58. The van der Waals surface area contributed by atoms with Crippen molar-refractivity contribution in [3.63, 3.8) is 0 Å². The third kappa shape index (κ3) is 2.69. The molecule has 0 aromatic heterocycles. The summed E-state index contributed by atoms with van der Waals surface area (Å²) < 4.78 is 11.0. The molecule has 14 heavy (non-hydrogen) atoms. The SMILES string of the molecule is C=CC1=C(C=C)COC(/C=C/C)OC1. The van der Waals surface area contributed by atoms with Gasteiger partial charge in [0.2, 0.25) is 0 Å². The van der Waals surface area contributed by atoms with Crippen molar-refractivity contribution in [2.24, 2.45) is 0 Å². The van der Waals surface area contributed by atoms with Crippen LogP contribution in [0.1, 0.15) is 6.92 Å². The van der Waals surface area contributed by atoms with Crippen LogP contribution in [-0.4, -0.2) is 19.5 Å². The Bertz CT molecular complexity index is 252. The van der Waals surface area contributed by atoms with Gasteiger partial charge in [0.05, 0.1) is 13.2 Å². The molecule has 2 nitrogen and oxygen atoms in total. The van der Waals surface area contributed by atoms with Gasteiger partial charge in [-0.3, -0.25) is 0 Å². The van der Waals surface area contributed by atoms with E-state index in [0.29, 0.717) is 13.2 Å². The van der Waals surface area contributed by atoms with E-state index in [-0.39, 0.29) is 6.29 Å². The van der Waals surface area contributed by atoms with Gasteiger partial charge in [-0.15, -0.1) is 0 Å². The zero-order valence-electron chi connectivity index (χ0n) is 8.53. The van der Waals surface area contributed by atoms with Crippen LogP contribution in [0.15, 0.2) is 48.6 Å². The quantitative estimate of drug-likeness (QED) is 0.640. The highest BCUT2D eigenvalue weighted by molar-refractivity contribution is 5.32. The Morgan fingerprint density at radius 2 is 1.64 bits per heavy atom. The lowest BCUT2D eigenvalue weighted by molar-refractivity contribution is -0.0895. The van der Waals surface area contributed by atoms with E-state index in [1.165, 1.54) is 0 Å². The topological polar surface area (TPSA) is 18.5 Å². The van der Waals surface area contributed by atoms with Gasteiger partial charge in [-0.1, -0.05) is 31.4 Å². The van der Waals surface area contributed by atoms with Gasteiger partial charge in [-0.2, -0.15) is 0 Å². The molecule has 0 aliphatic carbocycles. The minimum Gasteiger partial charge on any atom is -0.344 e. The van der Waals surface area contributed by atoms with E-state index >= 15 is 0 Å². The van der Waals surface area contributed by atoms with E-state index in [4.69, 9.17) is 9.47 Å². The first-order valence-electron chi connectivity index (χ1n) is 4.64. The average Bonchev–Trinajstić information content (AvgIpc) is 2.40. The number of ether oxygens (including phenoxy) is 2. The fourth-order valence-corrected chi connectivity index (χ4v) is 1.23. The van der Waals surface area contributed by atoms with Gasteiger partial charge in [-0.25, -0.2) is 0 Å². The second-order valence-corrected chi connectivity index (χ2v) is 2.97. The number of rotatable bonds is 3. The molecule has 1 aliphatic rings. The second-order valence-electron chi connectivity index (χ2n) is 2.97. The molecule has 1 aliphatic heterocycles.